The molecule has 0 amide bonds. The fraction of sp³-hybridized carbons (Fsp3) is 0.364. The first-order chi connectivity index (χ1) is 13.0. The predicted molar refractivity (Wildman–Crippen MR) is 118 cm³/mol. The number of pyridine rings is 1. The molecule has 0 saturated heterocycles. The maximum Gasteiger partial charge on any atom is 0.166 e. The summed E-state index contributed by atoms with van der Waals surface area (Å²) in [6.45, 7) is 10.5. The van der Waals surface area contributed by atoms with Gasteiger partial charge >= 0.3 is 0 Å². The molecule has 0 radical (unpaired) electrons. The van der Waals surface area contributed by atoms with Crippen LogP contribution in [-0.4, -0.2) is 21.1 Å². The van der Waals surface area contributed by atoms with Crippen LogP contribution in [0.1, 0.15) is 41.8 Å². The second-order valence-corrected chi connectivity index (χ2v) is 9.28. The van der Waals surface area contributed by atoms with Gasteiger partial charge in [0.05, 0.1) is 12.1 Å². The van der Waals surface area contributed by atoms with Gasteiger partial charge in [0.1, 0.15) is 5.03 Å². The highest BCUT2D eigenvalue weighted by Crippen LogP contribution is 2.35. The van der Waals surface area contributed by atoms with Crippen LogP contribution in [0.25, 0.3) is 10.9 Å². The topological polar surface area (TPSA) is 28.5 Å². The lowest BCUT2D eigenvalue weighted by atomic mass is 10.0. The van der Waals surface area contributed by atoms with E-state index in [2.05, 4.69) is 68.3 Å². The molecule has 27 heavy (non-hydrogen) atoms. The number of aromatic nitrogens is 1. The summed E-state index contributed by atoms with van der Waals surface area (Å²) in [4.78, 5) is 13.8. The van der Waals surface area contributed by atoms with Gasteiger partial charge in [-0.25, -0.2) is 4.98 Å². The van der Waals surface area contributed by atoms with E-state index in [1.54, 1.807) is 11.8 Å². The maximum absolute atomic E-state index is 5.00. The van der Waals surface area contributed by atoms with Gasteiger partial charge in [-0.05, 0) is 79.7 Å². The monoisotopic (exact) mass is 395 g/mol. The van der Waals surface area contributed by atoms with E-state index in [9.17, 15) is 0 Å². The van der Waals surface area contributed by atoms with E-state index in [4.69, 9.17) is 9.98 Å². The summed E-state index contributed by atoms with van der Waals surface area (Å²) in [5.74, 6) is 0. The van der Waals surface area contributed by atoms with Crippen LogP contribution in [0.2, 0.25) is 0 Å². The molecule has 4 rings (SSSR count). The fourth-order valence-electron chi connectivity index (χ4n) is 3.19. The largest absolute Gasteiger partial charge is 0.342 e. The third-order valence-corrected chi connectivity index (χ3v) is 7.09. The standard InChI is InChI=1S/C22H25N3S2/c1-5-16(4)23-22-25(13-19-7-6-8-26-19)12-18-11-17-9-14(2)15(3)10-20(17)24-21(18)27-22/h6-11,16H,5,12-13H2,1-4H3. The van der Waals surface area contributed by atoms with Crippen LogP contribution in [0, 0.1) is 13.8 Å². The second kappa shape index (κ2) is 7.64. The Morgan fingerprint density at radius 3 is 2.78 bits per heavy atom. The number of hydrogen-bond donors (Lipinski definition) is 0. The van der Waals surface area contributed by atoms with Gasteiger partial charge in [-0.2, -0.15) is 0 Å². The number of aliphatic imine (C=N–C) groups is 1. The normalized spacial score (nSPS) is 16.7. The average Bonchev–Trinajstić information content (AvgIpc) is 3.15. The zero-order valence-electron chi connectivity index (χ0n) is 16.3. The number of fused-ring (bicyclic) bond motifs is 2. The number of aryl methyl sites for hydroxylation is 2. The number of amidine groups is 1. The first-order valence-corrected chi connectivity index (χ1v) is 11.2. The van der Waals surface area contributed by atoms with Crippen LogP contribution < -0.4 is 0 Å². The van der Waals surface area contributed by atoms with E-state index in [-0.39, 0.29) is 0 Å². The van der Waals surface area contributed by atoms with Gasteiger partial charge in [0.15, 0.2) is 5.17 Å². The van der Waals surface area contributed by atoms with Crippen LogP contribution in [0.15, 0.2) is 45.7 Å². The van der Waals surface area contributed by atoms with Crippen molar-refractivity contribution in [3.63, 3.8) is 0 Å². The van der Waals surface area contributed by atoms with Crippen molar-refractivity contribution in [3.8, 4) is 0 Å². The summed E-state index contributed by atoms with van der Waals surface area (Å²) in [5.41, 5.74) is 5.00. The summed E-state index contributed by atoms with van der Waals surface area (Å²) >= 11 is 3.53. The highest BCUT2D eigenvalue weighted by Gasteiger charge is 2.25. The van der Waals surface area contributed by atoms with E-state index in [1.165, 1.54) is 27.0 Å². The summed E-state index contributed by atoms with van der Waals surface area (Å²) in [6.07, 6.45) is 1.05. The van der Waals surface area contributed by atoms with Crippen molar-refractivity contribution >= 4 is 39.2 Å². The molecule has 140 valence electrons. The quantitative estimate of drug-likeness (QED) is 0.528. The van der Waals surface area contributed by atoms with Gasteiger partial charge in [0.25, 0.3) is 0 Å². The molecular formula is C22H25N3S2. The highest BCUT2D eigenvalue weighted by molar-refractivity contribution is 8.13. The Morgan fingerprint density at radius 2 is 2.04 bits per heavy atom. The minimum atomic E-state index is 0.324. The van der Waals surface area contributed by atoms with Gasteiger partial charge in [0, 0.05) is 28.4 Å². The molecule has 0 saturated carbocycles. The Morgan fingerprint density at radius 1 is 1.22 bits per heavy atom. The lowest BCUT2D eigenvalue weighted by molar-refractivity contribution is 0.406. The van der Waals surface area contributed by atoms with Crippen LogP contribution in [0.4, 0.5) is 0 Å². The molecule has 1 aromatic carbocycles. The van der Waals surface area contributed by atoms with Crippen molar-refractivity contribution in [2.24, 2.45) is 4.99 Å². The SMILES string of the molecule is CCC(C)N=C1Sc2nc3cc(C)c(C)cc3cc2CN1Cc1cccs1. The van der Waals surface area contributed by atoms with Gasteiger partial charge < -0.3 is 4.90 Å². The minimum absolute atomic E-state index is 0.324. The third-order valence-electron chi connectivity index (χ3n) is 5.14. The predicted octanol–water partition coefficient (Wildman–Crippen LogP) is 6.18. The first-order valence-electron chi connectivity index (χ1n) is 9.47. The number of thioether (sulfide) groups is 1. The number of nitrogens with zero attached hydrogens (tertiary/aromatic N) is 3. The van der Waals surface area contributed by atoms with Crippen LogP contribution >= 0.6 is 23.1 Å². The van der Waals surface area contributed by atoms with E-state index in [0.29, 0.717) is 6.04 Å². The smallest absolute Gasteiger partial charge is 0.166 e. The summed E-state index contributed by atoms with van der Waals surface area (Å²) in [6, 6.07) is 11.4. The Kier molecular flexibility index (Phi) is 5.24. The highest BCUT2D eigenvalue weighted by atomic mass is 32.2. The first kappa shape index (κ1) is 18.5. The van der Waals surface area contributed by atoms with E-state index in [0.717, 1.165) is 35.2 Å². The molecule has 0 spiro atoms. The molecule has 1 aliphatic rings. The average molecular weight is 396 g/mol. The molecule has 1 atom stereocenters. The molecule has 1 aliphatic heterocycles. The van der Waals surface area contributed by atoms with E-state index in [1.807, 2.05) is 11.3 Å². The lowest BCUT2D eigenvalue weighted by Crippen LogP contribution is -2.32. The van der Waals surface area contributed by atoms with Gasteiger partial charge in [-0.3, -0.25) is 4.99 Å². The molecule has 0 fully saturated rings. The van der Waals surface area contributed by atoms with Crippen molar-refractivity contribution in [2.45, 2.75) is 58.3 Å². The molecule has 0 aliphatic carbocycles. The van der Waals surface area contributed by atoms with Crippen molar-refractivity contribution in [2.75, 3.05) is 0 Å². The molecule has 3 nitrogen and oxygen atoms in total. The molecule has 1 unspecified atom stereocenters. The summed E-state index contributed by atoms with van der Waals surface area (Å²) < 4.78 is 0. The van der Waals surface area contributed by atoms with Gasteiger partial charge in [-0.15, -0.1) is 11.3 Å². The molecule has 3 heterocycles. The molecule has 5 heteroatoms. The number of thiophene rings is 1. The van der Waals surface area contributed by atoms with Crippen LogP contribution in [-0.2, 0) is 13.1 Å². The van der Waals surface area contributed by atoms with Crippen molar-refractivity contribution in [1.29, 1.82) is 0 Å². The van der Waals surface area contributed by atoms with Crippen molar-refractivity contribution < 1.29 is 0 Å². The Hall–Kier alpha value is -1.85. The number of hydrogen-bond acceptors (Lipinski definition) is 4. The third kappa shape index (κ3) is 3.90. The lowest BCUT2D eigenvalue weighted by Gasteiger charge is -2.31. The van der Waals surface area contributed by atoms with Crippen LogP contribution in [0.3, 0.4) is 0 Å². The maximum atomic E-state index is 5.00. The molecule has 2 aromatic heterocycles. The van der Waals surface area contributed by atoms with Gasteiger partial charge in [-0.1, -0.05) is 13.0 Å². The summed E-state index contributed by atoms with van der Waals surface area (Å²) in [5, 5.41) is 5.58. The number of benzene rings is 1. The van der Waals surface area contributed by atoms with E-state index >= 15 is 0 Å². The van der Waals surface area contributed by atoms with Gasteiger partial charge in [0.2, 0.25) is 0 Å². The second-order valence-electron chi connectivity index (χ2n) is 7.29. The molecule has 0 bridgehead atoms. The molecule has 0 N–H and O–H groups in total. The van der Waals surface area contributed by atoms with Crippen LogP contribution in [0.5, 0.6) is 0 Å². The Bertz CT molecular complexity index is 992. The Labute approximate surface area is 169 Å². The number of rotatable bonds is 4. The zero-order chi connectivity index (χ0) is 19.0. The van der Waals surface area contributed by atoms with E-state index < -0.39 is 0 Å². The zero-order valence-corrected chi connectivity index (χ0v) is 18.0. The fourth-order valence-corrected chi connectivity index (χ4v) is 4.98. The molecule has 3 aromatic rings. The molecular weight excluding hydrogens is 370 g/mol. The minimum Gasteiger partial charge on any atom is -0.342 e. The summed E-state index contributed by atoms with van der Waals surface area (Å²) in [7, 11) is 0. The van der Waals surface area contributed by atoms with Crippen molar-refractivity contribution in [3.05, 3.63) is 57.3 Å². The van der Waals surface area contributed by atoms with Crippen molar-refractivity contribution in [1.82, 2.24) is 9.88 Å². The Balaban J connectivity index is 1.75.